The molecule has 0 bridgehead atoms. The molecule has 15 nitrogen and oxygen atoms in total. The summed E-state index contributed by atoms with van der Waals surface area (Å²) in [6.07, 6.45) is 1.07. The van der Waals surface area contributed by atoms with Crippen LogP contribution in [-0.2, 0) is 24.4 Å². The molecule has 0 radical (unpaired) electrons. The molecule has 3 fully saturated rings. The molecule has 17 heteroatoms. The number of likely N-dealkylation sites (tertiary alicyclic amines) is 1. The Morgan fingerprint density at radius 1 is 1.08 bits per heavy atom. The Morgan fingerprint density at radius 2 is 1.82 bits per heavy atom. The van der Waals surface area contributed by atoms with Crippen molar-refractivity contribution in [3.8, 4) is 22.2 Å². The minimum atomic E-state index is -3.89. The molecule has 2 aromatic heterocycles. The second-order valence-corrected chi connectivity index (χ2v) is 20.3. The first kappa shape index (κ1) is 42.9. The Hall–Kier alpha value is -5.16. The quantitative estimate of drug-likeness (QED) is 0.104. The Morgan fingerprint density at radius 3 is 2.43 bits per heavy atom. The van der Waals surface area contributed by atoms with E-state index in [1.165, 1.54) is 16.2 Å². The van der Waals surface area contributed by atoms with Gasteiger partial charge in [-0.05, 0) is 72.9 Å². The number of aryl methyl sites for hydroxylation is 1. The van der Waals surface area contributed by atoms with Crippen molar-refractivity contribution in [1.82, 2.24) is 24.9 Å². The zero-order valence-corrected chi connectivity index (χ0v) is 36.8. The first-order valence-electron chi connectivity index (χ1n) is 20.4. The molecule has 3 amide bonds. The number of carbonyl (C=O) groups excluding carboxylic acids is 3. The standard InChI is InChI=1S/C43H53N7O8S2/c1-9-25-20-43(25,41(53)49-60(55,56)27-14-15-27)47-38(51)33-18-26(21-50(33)40(52)37(42(5,6)7)45-29-12-10-11-13-30(29)48-54)58-35-19-31(39-46-32(22-59-39)23(2)3)44-36-24(4)34(57-8)17-16-28(35)36/h10-13,16-17,19,22-23,25-27,33,37,45H,9,14-15,18,20-21H2,1-8H3,(H,47,51)(H,49,53)/t25-,26-,33+,37-,43-/m1/s1. The number of anilines is 1. The van der Waals surface area contributed by atoms with E-state index in [1.807, 2.05) is 58.2 Å². The highest BCUT2D eigenvalue weighted by Gasteiger charge is 2.62. The summed E-state index contributed by atoms with van der Waals surface area (Å²) in [5, 5.41) is 12.1. The van der Waals surface area contributed by atoms with Crippen molar-refractivity contribution in [3.05, 3.63) is 64.0 Å². The molecule has 3 heterocycles. The van der Waals surface area contributed by atoms with Crippen LogP contribution in [0.5, 0.6) is 11.5 Å². The summed E-state index contributed by atoms with van der Waals surface area (Å²) in [7, 11) is -2.29. The zero-order chi connectivity index (χ0) is 43.3. The van der Waals surface area contributed by atoms with Crippen molar-refractivity contribution in [2.24, 2.45) is 16.5 Å². The third kappa shape index (κ3) is 8.42. The fourth-order valence-corrected chi connectivity index (χ4v) is 10.3. The summed E-state index contributed by atoms with van der Waals surface area (Å²) in [5.41, 5.74) is 1.28. The number of methoxy groups -OCH3 is 1. The molecule has 320 valence electrons. The largest absolute Gasteiger partial charge is 0.496 e. The lowest BCUT2D eigenvalue weighted by atomic mass is 9.85. The number of sulfonamides is 1. The first-order valence-corrected chi connectivity index (χ1v) is 22.8. The van der Waals surface area contributed by atoms with E-state index in [0.29, 0.717) is 58.1 Å². The van der Waals surface area contributed by atoms with E-state index in [2.05, 4.69) is 34.4 Å². The van der Waals surface area contributed by atoms with Gasteiger partial charge in [0.05, 0.1) is 35.8 Å². The number of hydrogen-bond acceptors (Lipinski definition) is 13. The van der Waals surface area contributed by atoms with Gasteiger partial charge in [-0.15, -0.1) is 16.2 Å². The maximum absolute atomic E-state index is 15.0. The first-order chi connectivity index (χ1) is 28.4. The number of ether oxygens (including phenoxy) is 2. The van der Waals surface area contributed by atoms with Crippen LogP contribution >= 0.6 is 11.3 Å². The third-order valence-electron chi connectivity index (χ3n) is 11.8. The number of carbonyl (C=O) groups is 3. The Balaban J connectivity index is 1.26. The number of para-hydroxylation sites is 1. The van der Waals surface area contributed by atoms with Gasteiger partial charge >= 0.3 is 0 Å². The number of amides is 3. The number of rotatable bonds is 15. The maximum Gasteiger partial charge on any atom is 0.259 e. The predicted molar refractivity (Wildman–Crippen MR) is 231 cm³/mol. The van der Waals surface area contributed by atoms with E-state index in [0.717, 1.165) is 11.3 Å². The highest BCUT2D eigenvalue weighted by molar-refractivity contribution is 7.91. The molecule has 7 rings (SSSR count). The molecule has 0 unspecified atom stereocenters. The highest BCUT2D eigenvalue weighted by atomic mass is 32.2. The summed E-state index contributed by atoms with van der Waals surface area (Å²) in [5.74, 6) is -0.762. The van der Waals surface area contributed by atoms with Crippen molar-refractivity contribution in [3.63, 3.8) is 0 Å². The van der Waals surface area contributed by atoms with E-state index in [4.69, 9.17) is 19.4 Å². The van der Waals surface area contributed by atoms with Crippen LogP contribution in [0.1, 0.15) is 90.8 Å². The van der Waals surface area contributed by atoms with Gasteiger partial charge in [-0.3, -0.25) is 19.1 Å². The Bertz CT molecular complexity index is 2440. The van der Waals surface area contributed by atoms with Gasteiger partial charge in [-0.1, -0.05) is 60.1 Å². The number of aromatic nitrogens is 2. The average molecular weight is 860 g/mol. The summed E-state index contributed by atoms with van der Waals surface area (Å²) in [4.78, 5) is 66.4. The van der Waals surface area contributed by atoms with Gasteiger partial charge < -0.3 is 25.0 Å². The second-order valence-electron chi connectivity index (χ2n) is 17.5. The van der Waals surface area contributed by atoms with Gasteiger partial charge in [-0.2, -0.15) is 0 Å². The molecule has 5 atom stereocenters. The molecule has 60 heavy (non-hydrogen) atoms. The number of nitrogens with one attached hydrogen (secondary N) is 3. The monoisotopic (exact) mass is 859 g/mol. The molecule has 2 aliphatic carbocycles. The minimum absolute atomic E-state index is 0.00570. The van der Waals surface area contributed by atoms with Crippen molar-refractivity contribution < 1.29 is 32.3 Å². The molecule has 1 aliphatic heterocycles. The van der Waals surface area contributed by atoms with Crippen LogP contribution in [0.2, 0.25) is 0 Å². The zero-order valence-electron chi connectivity index (χ0n) is 35.2. The van der Waals surface area contributed by atoms with Crippen LogP contribution < -0.4 is 24.8 Å². The van der Waals surface area contributed by atoms with Gasteiger partial charge in [0.2, 0.25) is 21.8 Å². The van der Waals surface area contributed by atoms with Crippen LogP contribution in [0.25, 0.3) is 21.6 Å². The molecule has 4 aromatic rings. The lowest BCUT2D eigenvalue weighted by Gasteiger charge is -2.36. The predicted octanol–water partition coefficient (Wildman–Crippen LogP) is 6.97. The third-order valence-corrected chi connectivity index (χ3v) is 14.5. The van der Waals surface area contributed by atoms with Crippen LogP contribution in [0.3, 0.4) is 0 Å². The topological polar surface area (TPSA) is 198 Å². The van der Waals surface area contributed by atoms with Crippen molar-refractivity contribution in [1.29, 1.82) is 0 Å². The van der Waals surface area contributed by atoms with E-state index in [9.17, 15) is 27.7 Å². The normalized spacial score (nSPS) is 22.0. The van der Waals surface area contributed by atoms with E-state index in [1.54, 1.807) is 31.4 Å². The molecule has 3 aliphatic rings. The van der Waals surface area contributed by atoms with E-state index in [-0.39, 0.29) is 36.9 Å². The summed E-state index contributed by atoms with van der Waals surface area (Å²) in [6.45, 7) is 13.6. The number of nitrogens with zero attached hydrogens (tertiary/aromatic N) is 4. The van der Waals surface area contributed by atoms with Gasteiger partial charge in [0.15, 0.2) is 0 Å². The van der Waals surface area contributed by atoms with Gasteiger partial charge in [0.1, 0.15) is 51.6 Å². The molecule has 1 saturated heterocycles. The number of fused-ring (bicyclic) bond motifs is 1. The van der Waals surface area contributed by atoms with Gasteiger partial charge in [-0.25, -0.2) is 18.4 Å². The Labute approximate surface area is 354 Å². The van der Waals surface area contributed by atoms with E-state index >= 15 is 0 Å². The Kier molecular flexibility index (Phi) is 11.7. The van der Waals surface area contributed by atoms with Gasteiger partial charge in [0, 0.05) is 28.8 Å². The van der Waals surface area contributed by atoms with Gasteiger partial charge in [0.25, 0.3) is 5.91 Å². The summed E-state index contributed by atoms with van der Waals surface area (Å²) >= 11 is 1.48. The number of benzene rings is 2. The summed E-state index contributed by atoms with van der Waals surface area (Å²) < 4.78 is 40.5. The van der Waals surface area contributed by atoms with Crippen molar-refractivity contribution >= 4 is 61.4 Å². The number of nitroso groups, excluding NO2 is 1. The maximum atomic E-state index is 15.0. The number of hydrogen-bond donors (Lipinski definition) is 3. The van der Waals surface area contributed by atoms with Crippen LogP contribution in [-0.4, -0.2) is 83.6 Å². The second kappa shape index (κ2) is 16.4. The smallest absolute Gasteiger partial charge is 0.259 e. The minimum Gasteiger partial charge on any atom is -0.496 e. The van der Waals surface area contributed by atoms with Crippen LogP contribution in [0.15, 0.2) is 53.0 Å². The lowest BCUT2D eigenvalue weighted by molar-refractivity contribution is -0.141. The fraction of sp³-hybridized carbons (Fsp3) is 0.512. The molecule has 2 saturated carbocycles. The lowest BCUT2D eigenvalue weighted by Crippen LogP contribution is -2.58. The fourth-order valence-electron chi connectivity index (χ4n) is 7.97. The summed E-state index contributed by atoms with van der Waals surface area (Å²) in [6, 6.07) is 10.1. The van der Waals surface area contributed by atoms with Crippen molar-refractivity contribution in [2.75, 3.05) is 19.0 Å². The van der Waals surface area contributed by atoms with Crippen LogP contribution in [0, 0.1) is 23.2 Å². The average Bonchev–Trinajstić information content (AvgIpc) is 4.09. The molecular formula is C43H53N7O8S2. The molecule has 0 spiro atoms. The highest BCUT2D eigenvalue weighted by Crippen LogP contribution is 2.47. The number of pyridine rings is 1. The molecule has 2 aromatic carbocycles. The molecular weight excluding hydrogens is 807 g/mol. The van der Waals surface area contributed by atoms with E-state index < -0.39 is 62.1 Å². The van der Waals surface area contributed by atoms with Crippen molar-refractivity contribution in [2.45, 2.75) is 115 Å². The molecule has 3 N–H and O–H groups in total. The van der Waals surface area contributed by atoms with Crippen LogP contribution in [0.4, 0.5) is 11.4 Å². The SMILES string of the molecule is CC[C@@H]1C[C@]1(NC(=O)[C@@H]1C[C@@H](Oc2cc(-c3nc(C(C)C)cs3)nc3c(C)c(OC)ccc23)CN1C(=O)[C@@H](Nc1ccccc1N=O)C(C)(C)C)C(=O)NS(=O)(=O)C1CC1. The number of thiazole rings is 1.